The highest BCUT2D eigenvalue weighted by atomic mass is 19.1. The van der Waals surface area contributed by atoms with E-state index in [1.165, 1.54) is 49.5 Å². The normalized spacial score (nSPS) is 13.8. The highest BCUT2D eigenvalue weighted by Crippen LogP contribution is 2.32. The van der Waals surface area contributed by atoms with E-state index in [9.17, 15) is 19.1 Å². The van der Waals surface area contributed by atoms with E-state index >= 15 is 8.78 Å². The van der Waals surface area contributed by atoms with Gasteiger partial charge in [0.15, 0.2) is 0 Å². The Hall–Kier alpha value is -5.43. The number of carbonyl (C=O) groups excluding carboxylic acids is 1. The molecule has 0 spiro atoms. The quantitative estimate of drug-likeness (QED) is 0.190. The molecular formula is C35H31F3N4O6. The predicted molar refractivity (Wildman–Crippen MR) is 168 cm³/mol. The lowest BCUT2D eigenvalue weighted by molar-refractivity contribution is -0.122. The third-order valence-electron chi connectivity index (χ3n) is 8.41. The lowest BCUT2D eigenvalue weighted by Crippen LogP contribution is -2.66. The van der Waals surface area contributed by atoms with E-state index in [1.54, 1.807) is 35.8 Å². The Morgan fingerprint density at radius 3 is 2.40 bits per heavy atom. The van der Waals surface area contributed by atoms with E-state index in [1.807, 2.05) is 0 Å². The smallest absolute Gasteiger partial charge is 0.409 e. The number of aromatic carboxylic acids is 1. The predicted octanol–water partition coefficient (Wildman–Crippen LogP) is 6.16. The van der Waals surface area contributed by atoms with Gasteiger partial charge in [0.1, 0.15) is 35.5 Å². The monoisotopic (exact) mass is 660 g/mol. The van der Waals surface area contributed by atoms with Crippen LogP contribution in [0.15, 0.2) is 66.7 Å². The summed E-state index contributed by atoms with van der Waals surface area (Å²) in [6.07, 6.45) is -0.657. The Morgan fingerprint density at radius 1 is 0.917 bits per heavy atom. The average molecular weight is 661 g/mol. The highest BCUT2D eigenvalue weighted by molar-refractivity contribution is 5.92. The van der Waals surface area contributed by atoms with Crippen LogP contribution in [0.3, 0.4) is 0 Å². The number of carboxylic acid groups (broad SMARTS) is 1. The molecule has 1 aliphatic heterocycles. The summed E-state index contributed by atoms with van der Waals surface area (Å²) in [7, 11) is 2.78. The fourth-order valence-electron chi connectivity index (χ4n) is 5.76. The maximum atomic E-state index is 15.7. The molecule has 48 heavy (non-hydrogen) atoms. The highest BCUT2D eigenvalue weighted by Gasteiger charge is 2.47. The van der Waals surface area contributed by atoms with Gasteiger partial charge >= 0.3 is 12.1 Å². The number of halogens is 3. The second-order valence-electron chi connectivity index (χ2n) is 11.7. The van der Waals surface area contributed by atoms with Crippen LogP contribution < -0.4 is 4.74 Å². The molecule has 0 aliphatic carbocycles. The van der Waals surface area contributed by atoms with Crippen LogP contribution in [0.4, 0.5) is 18.0 Å². The van der Waals surface area contributed by atoms with Crippen LogP contribution in [-0.2, 0) is 29.0 Å². The molecule has 1 saturated heterocycles. The molecule has 13 heteroatoms. The van der Waals surface area contributed by atoms with Crippen molar-refractivity contribution in [2.24, 2.45) is 0 Å². The van der Waals surface area contributed by atoms with Gasteiger partial charge < -0.3 is 28.8 Å². The van der Waals surface area contributed by atoms with Crippen molar-refractivity contribution in [1.29, 1.82) is 0 Å². The third-order valence-corrected chi connectivity index (χ3v) is 8.41. The molecule has 3 heterocycles. The number of amides is 1. The van der Waals surface area contributed by atoms with Gasteiger partial charge in [0.25, 0.3) is 0 Å². The van der Waals surface area contributed by atoms with Gasteiger partial charge in [-0.1, -0.05) is 18.2 Å². The molecule has 0 saturated carbocycles. The molecule has 0 unspecified atom stereocenters. The number of hydrogen-bond acceptors (Lipinski definition) is 7. The summed E-state index contributed by atoms with van der Waals surface area (Å²) in [5, 5.41) is 9.61. The molecule has 2 aromatic heterocycles. The van der Waals surface area contributed by atoms with E-state index in [-0.39, 0.29) is 60.9 Å². The van der Waals surface area contributed by atoms with Crippen molar-refractivity contribution in [3.05, 3.63) is 112 Å². The SMILES string of the molecule is COC(=O)N1CC(Cn2c(Cc3cc(F)c(-c4cccc(OCc5ccc(C)cc5F)n4)cc3F)nc3ccc(C(=O)O)cc32)(OC)C1. The molecule has 1 N–H and O–H groups in total. The zero-order valence-electron chi connectivity index (χ0n) is 26.3. The van der Waals surface area contributed by atoms with E-state index < -0.39 is 35.1 Å². The minimum absolute atomic E-state index is 0.00442. The fourth-order valence-corrected chi connectivity index (χ4v) is 5.76. The summed E-state index contributed by atoms with van der Waals surface area (Å²) in [6, 6.07) is 15.9. The number of carboxylic acids is 1. The topological polar surface area (TPSA) is 116 Å². The number of pyridine rings is 1. The van der Waals surface area contributed by atoms with Crippen molar-refractivity contribution in [1.82, 2.24) is 19.4 Å². The number of nitrogens with zero attached hydrogens (tertiary/aromatic N) is 4. The zero-order chi connectivity index (χ0) is 34.2. The van der Waals surface area contributed by atoms with Gasteiger partial charge in [-0.05, 0) is 60.5 Å². The van der Waals surface area contributed by atoms with Crippen LogP contribution in [0.25, 0.3) is 22.3 Å². The molecule has 1 amide bonds. The number of fused-ring (bicyclic) bond motifs is 1. The summed E-state index contributed by atoms with van der Waals surface area (Å²) >= 11 is 0. The van der Waals surface area contributed by atoms with Crippen LogP contribution >= 0.6 is 0 Å². The fraction of sp³-hybridized carbons (Fsp3) is 0.257. The Labute approximate surface area is 273 Å². The molecule has 0 atom stereocenters. The molecule has 10 nitrogen and oxygen atoms in total. The van der Waals surface area contributed by atoms with Crippen LogP contribution in [0, 0.1) is 24.4 Å². The second kappa shape index (κ2) is 13.0. The lowest BCUT2D eigenvalue weighted by atomic mass is 9.93. The number of methoxy groups -OCH3 is 2. The standard InChI is InChI=1S/C35H31F3N4O6/c1-20-7-8-22(25(36)11-20)16-48-32-6-4-5-28(40-32)24-15-26(37)23(12-27(24)38)14-31-39-29-10-9-21(33(43)44)13-30(29)42(31)19-35(47-3)17-41(18-35)34(45)46-2/h4-13,15H,14,16-19H2,1-3H3,(H,43,44). The van der Waals surface area contributed by atoms with Crippen molar-refractivity contribution in [2.45, 2.75) is 32.1 Å². The number of aromatic nitrogens is 3. The van der Waals surface area contributed by atoms with Crippen molar-refractivity contribution >= 4 is 23.1 Å². The van der Waals surface area contributed by atoms with Gasteiger partial charge in [-0.3, -0.25) is 0 Å². The number of aryl methyl sites for hydroxylation is 1. The van der Waals surface area contributed by atoms with Gasteiger partial charge in [0.05, 0.1) is 49.0 Å². The number of carbonyl (C=O) groups is 2. The van der Waals surface area contributed by atoms with E-state index in [2.05, 4.69) is 9.97 Å². The molecule has 3 aromatic carbocycles. The number of likely N-dealkylation sites (tertiary alicyclic amines) is 1. The first kappa shape index (κ1) is 32.5. The first-order valence-electron chi connectivity index (χ1n) is 14.9. The van der Waals surface area contributed by atoms with Crippen LogP contribution in [0.1, 0.15) is 32.9 Å². The van der Waals surface area contributed by atoms with Gasteiger partial charge in [-0.25, -0.2) is 32.7 Å². The maximum Gasteiger partial charge on any atom is 0.409 e. The maximum absolute atomic E-state index is 15.7. The molecule has 6 rings (SSSR count). The first-order valence-corrected chi connectivity index (χ1v) is 14.9. The van der Waals surface area contributed by atoms with E-state index in [0.717, 1.165) is 17.7 Å². The number of hydrogen-bond donors (Lipinski definition) is 1. The summed E-state index contributed by atoms with van der Waals surface area (Å²) in [5.41, 5.74) is 1.21. The van der Waals surface area contributed by atoms with Gasteiger partial charge in [0, 0.05) is 30.7 Å². The summed E-state index contributed by atoms with van der Waals surface area (Å²) in [4.78, 5) is 34.2. The lowest BCUT2D eigenvalue weighted by Gasteiger charge is -2.48. The Morgan fingerprint density at radius 2 is 1.69 bits per heavy atom. The summed E-state index contributed by atoms with van der Waals surface area (Å²) in [6.45, 7) is 2.22. The largest absolute Gasteiger partial charge is 0.478 e. The Bertz CT molecular complexity index is 2040. The van der Waals surface area contributed by atoms with Crippen molar-refractivity contribution < 1.29 is 42.1 Å². The minimum Gasteiger partial charge on any atom is -0.478 e. The number of imidazole rings is 1. The first-order chi connectivity index (χ1) is 23.0. The zero-order valence-corrected chi connectivity index (χ0v) is 26.3. The van der Waals surface area contributed by atoms with Crippen molar-refractivity contribution in [2.75, 3.05) is 27.3 Å². The van der Waals surface area contributed by atoms with Crippen LogP contribution in [0.2, 0.25) is 0 Å². The molecule has 1 aliphatic rings. The van der Waals surface area contributed by atoms with Crippen LogP contribution in [-0.4, -0.2) is 69.5 Å². The van der Waals surface area contributed by atoms with Crippen LogP contribution in [0.5, 0.6) is 5.88 Å². The molecular weight excluding hydrogens is 629 g/mol. The minimum atomic E-state index is -1.14. The number of rotatable bonds is 10. The van der Waals surface area contributed by atoms with Gasteiger partial charge in [-0.15, -0.1) is 0 Å². The van der Waals surface area contributed by atoms with E-state index in [4.69, 9.17) is 14.2 Å². The Kier molecular flexibility index (Phi) is 8.80. The Balaban J connectivity index is 1.29. The molecule has 5 aromatic rings. The van der Waals surface area contributed by atoms with Gasteiger partial charge in [-0.2, -0.15) is 0 Å². The molecule has 0 bridgehead atoms. The van der Waals surface area contributed by atoms with Crippen molar-refractivity contribution in [3.8, 4) is 17.1 Å². The molecule has 1 fully saturated rings. The van der Waals surface area contributed by atoms with E-state index in [0.29, 0.717) is 22.4 Å². The number of ether oxygens (including phenoxy) is 3. The number of benzene rings is 3. The van der Waals surface area contributed by atoms with Gasteiger partial charge in [0.2, 0.25) is 5.88 Å². The molecule has 248 valence electrons. The third kappa shape index (κ3) is 6.41. The average Bonchev–Trinajstić information content (AvgIpc) is 3.38. The molecule has 0 radical (unpaired) electrons. The summed E-state index contributed by atoms with van der Waals surface area (Å²) < 4.78 is 63.5. The summed E-state index contributed by atoms with van der Waals surface area (Å²) in [5.74, 6) is -2.56. The van der Waals surface area contributed by atoms with Crippen molar-refractivity contribution in [3.63, 3.8) is 0 Å². The second-order valence-corrected chi connectivity index (χ2v) is 11.7.